The SMILES string of the molecule is COC(=O)CC[C@H](NC(=O)[C@@H](O)c1ccccc1)C(=O)OC. The van der Waals surface area contributed by atoms with E-state index in [-0.39, 0.29) is 12.8 Å². The van der Waals surface area contributed by atoms with Gasteiger partial charge in [-0.3, -0.25) is 9.59 Å². The van der Waals surface area contributed by atoms with Crippen LogP contribution in [0.15, 0.2) is 30.3 Å². The van der Waals surface area contributed by atoms with E-state index in [1.165, 1.54) is 14.2 Å². The van der Waals surface area contributed by atoms with E-state index >= 15 is 0 Å². The molecule has 0 aliphatic carbocycles. The first-order valence-corrected chi connectivity index (χ1v) is 6.67. The van der Waals surface area contributed by atoms with Gasteiger partial charge in [-0.15, -0.1) is 0 Å². The minimum absolute atomic E-state index is 0.0204. The van der Waals surface area contributed by atoms with Crippen LogP contribution in [0.25, 0.3) is 0 Å². The number of hydrogen-bond donors (Lipinski definition) is 2. The van der Waals surface area contributed by atoms with Gasteiger partial charge in [-0.1, -0.05) is 30.3 Å². The van der Waals surface area contributed by atoms with E-state index in [1.807, 2.05) is 0 Å². The monoisotopic (exact) mass is 309 g/mol. The van der Waals surface area contributed by atoms with Gasteiger partial charge in [0.1, 0.15) is 6.04 Å². The summed E-state index contributed by atoms with van der Waals surface area (Å²) in [4.78, 5) is 34.8. The van der Waals surface area contributed by atoms with Crippen molar-refractivity contribution in [1.82, 2.24) is 5.32 Å². The van der Waals surface area contributed by atoms with Crippen molar-refractivity contribution in [2.24, 2.45) is 0 Å². The normalized spacial score (nSPS) is 12.9. The van der Waals surface area contributed by atoms with E-state index in [1.54, 1.807) is 30.3 Å². The van der Waals surface area contributed by atoms with E-state index < -0.39 is 30.0 Å². The Morgan fingerprint density at radius 2 is 1.77 bits per heavy atom. The van der Waals surface area contributed by atoms with Crippen LogP contribution in [-0.2, 0) is 23.9 Å². The quantitative estimate of drug-likeness (QED) is 0.704. The third-order valence-corrected chi connectivity index (χ3v) is 3.03. The van der Waals surface area contributed by atoms with Gasteiger partial charge >= 0.3 is 11.9 Å². The van der Waals surface area contributed by atoms with E-state index in [4.69, 9.17) is 0 Å². The molecule has 7 nitrogen and oxygen atoms in total. The molecule has 0 spiro atoms. The highest BCUT2D eigenvalue weighted by atomic mass is 16.5. The van der Waals surface area contributed by atoms with Crippen LogP contribution in [0.1, 0.15) is 24.5 Å². The average Bonchev–Trinajstić information content (AvgIpc) is 2.57. The standard InChI is InChI=1S/C15H19NO6/c1-21-12(17)9-8-11(15(20)22-2)16-14(19)13(18)10-6-4-3-5-7-10/h3-7,11,13,18H,8-9H2,1-2H3,(H,16,19)/t11-,13-/m0/s1. The molecule has 0 fully saturated rings. The molecule has 1 aromatic carbocycles. The maximum Gasteiger partial charge on any atom is 0.328 e. The van der Waals surface area contributed by atoms with Crippen LogP contribution in [-0.4, -0.2) is 43.2 Å². The molecular weight excluding hydrogens is 290 g/mol. The molecule has 0 aromatic heterocycles. The fraction of sp³-hybridized carbons (Fsp3) is 0.400. The van der Waals surface area contributed by atoms with Crippen LogP contribution in [0.5, 0.6) is 0 Å². The maximum absolute atomic E-state index is 12.0. The second-order valence-electron chi connectivity index (χ2n) is 4.51. The Kier molecular flexibility index (Phi) is 7.04. The third-order valence-electron chi connectivity index (χ3n) is 3.03. The fourth-order valence-electron chi connectivity index (χ4n) is 1.79. The highest BCUT2D eigenvalue weighted by molar-refractivity contribution is 5.87. The van der Waals surface area contributed by atoms with Gasteiger partial charge in [-0.25, -0.2) is 4.79 Å². The average molecular weight is 309 g/mol. The molecule has 0 heterocycles. The predicted octanol–water partition coefficient (Wildman–Crippen LogP) is 0.331. The zero-order chi connectivity index (χ0) is 16.5. The smallest absolute Gasteiger partial charge is 0.328 e. The van der Waals surface area contributed by atoms with Crippen molar-refractivity contribution in [2.75, 3.05) is 14.2 Å². The Labute approximate surface area is 128 Å². The number of benzene rings is 1. The largest absolute Gasteiger partial charge is 0.469 e. The number of nitrogens with one attached hydrogen (secondary N) is 1. The van der Waals surface area contributed by atoms with Gasteiger partial charge in [0.25, 0.3) is 5.91 Å². The van der Waals surface area contributed by atoms with Crippen molar-refractivity contribution in [2.45, 2.75) is 25.0 Å². The van der Waals surface area contributed by atoms with Crippen molar-refractivity contribution in [3.63, 3.8) is 0 Å². The number of rotatable bonds is 7. The van der Waals surface area contributed by atoms with Crippen molar-refractivity contribution >= 4 is 17.8 Å². The molecule has 1 aromatic rings. The van der Waals surface area contributed by atoms with Crippen LogP contribution >= 0.6 is 0 Å². The van der Waals surface area contributed by atoms with Crippen molar-refractivity contribution in [1.29, 1.82) is 0 Å². The summed E-state index contributed by atoms with van der Waals surface area (Å²) in [6, 6.07) is 7.26. The maximum atomic E-state index is 12.0. The summed E-state index contributed by atoms with van der Waals surface area (Å²) < 4.78 is 9.06. The second-order valence-corrected chi connectivity index (χ2v) is 4.51. The molecule has 1 amide bonds. The number of aliphatic hydroxyl groups excluding tert-OH is 1. The first-order valence-electron chi connectivity index (χ1n) is 6.67. The van der Waals surface area contributed by atoms with Gasteiger partial charge in [-0.2, -0.15) is 0 Å². The Morgan fingerprint density at radius 1 is 1.14 bits per heavy atom. The lowest BCUT2D eigenvalue weighted by Gasteiger charge is -2.18. The molecule has 0 saturated heterocycles. The molecule has 2 N–H and O–H groups in total. The van der Waals surface area contributed by atoms with Crippen LogP contribution in [0.3, 0.4) is 0 Å². The number of carbonyl (C=O) groups excluding carboxylic acids is 3. The molecule has 0 radical (unpaired) electrons. The van der Waals surface area contributed by atoms with Gasteiger partial charge in [0.05, 0.1) is 14.2 Å². The van der Waals surface area contributed by atoms with Crippen LogP contribution < -0.4 is 5.32 Å². The fourth-order valence-corrected chi connectivity index (χ4v) is 1.79. The summed E-state index contributed by atoms with van der Waals surface area (Å²) in [6.07, 6.45) is -1.45. The molecule has 1 rings (SSSR count). The second kappa shape index (κ2) is 8.78. The predicted molar refractivity (Wildman–Crippen MR) is 76.6 cm³/mol. The van der Waals surface area contributed by atoms with Gasteiger partial charge in [0.15, 0.2) is 6.10 Å². The number of esters is 2. The summed E-state index contributed by atoms with van der Waals surface area (Å²) in [5.74, 6) is -1.95. The molecule has 0 saturated carbocycles. The summed E-state index contributed by atoms with van der Waals surface area (Å²) in [5, 5.41) is 12.3. The van der Waals surface area contributed by atoms with E-state index in [0.29, 0.717) is 5.56 Å². The molecular formula is C15H19NO6. The lowest BCUT2D eigenvalue weighted by molar-refractivity contribution is -0.147. The Bertz CT molecular complexity index is 516. The molecule has 0 aliphatic rings. The van der Waals surface area contributed by atoms with Gasteiger partial charge < -0.3 is 19.9 Å². The summed E-state index contributed by atoms with van der Waals surface area (Å²) in [7, 11) is 2.40. The van der Waals surface area contributed by atoms with Crippen LogP contribution in [0, 0.1) is 0 Å². The molecule has 22 heavy (non-hydrogen) atoms. The number of methoxy groups -OCH3 is 2. The molecule has 0 unspecified atom stereocenters. The highest BCUT2D eigenvalue weighted by Gasteiger charge is 2.26. The number of carbonyl (C=O) groups is 3. The first kappa shape index (κ1) is 17.6. The molecule has 7 heteroatoms. The summed E-state index contributed by atoms with van der Waals surface area (Å²) >= 11 is 0. The van der Waals surface area contributed by atoms with E-state index in [2.05, 4.69) is 14.8 Å². The first-order chi connectivity index (χ1) is 10.5. The number of hydrogen-bond acceptors (Lipinski definition) is 6. The van der Waals surface area contributed by atoms with Gasteiger partial charge in [0.2, 0.25) is 0 Å². The lowest BCUT2D eigenvalue weighted by Crippen LogP contribution is -2.44. The number of amides is 1. The highest BCUT2D eigenvalue weighted by Crippen LogP contribution is 2.13. The molecule has 2 atom stereocenters. The van der Waals surface area contributed by atoms with Crippen molar-refractivity contribution < 1.29 is 29.0 Å². The number of aliphatic hydroxyl groups is 1. The van der Waals surface area contributed by atoms with E-state index in [0.717, 1.165) is 0 Å². The Morgan fingerprint density at radius 3 is 2.32 bits per heavy atom. The zero-order valence-electron chi connectivity index (χ0n) is 12.4. The van der Waals surface area contributed by atoms with Crippen LogP contribution in [0.4, 0.5) is 0 Å². The van der Waals surface area contributed by atoms with Gasteiger partial charge in [0, 0.05) is 6.42 Å². The zero-order valence-corrected chi connectivity index (χ0v) is 12.4. The minimum Gasteiger partial charge on any atom is -0.469 e. The summed E-state index contributed by atoms with van der Waals surface area (Å²) in [6.45, 7) is 0. The summed E-state index contributed by atoms with van der Waals surface area (Å²) in [5.41, 5.74) is 0.400. The van der Waals surface area contributed by atoms with Crippen molar-refractivity contribution in [3.8, 4) is 0 Å². The van der Waals surface area contributed by atoms with Crippen molar-refractivity contribution in [3.05, 3.63) is 35.9 Å². The number of ether oxygens (including phenoxy) is 2. The molecule has 120 valence electrons. The van der Waals surface area contributed by atoms with E-state index in [9.17, 15) is 19.5 Å². The van der Waals surface area contributed by atoms with Crippen LogP contribution in [0.2, 0.25) is 0 Å². The Balaban J connectivity index is 2.70. The molecule has 0 bridgehead atoms. The Hall–Kier alpha value is -2.41. The lowest BCUT2D eigenvalue weighted by atomic mass is 10.1. The minimum atomic E-state index is -1.41. The molecule has 0 aliphatic heterocycles. The topological polar surface area (TPSA) is 102 Å². The van der Waals surface area contributed by atoms with Gasteiger partial charge in [-0.05, 0) is 12.0 Å². The third kappa shape index (κ3) is 5.17.